The molecule has 3 nitrogen and oxygen atoms in total. The lowest BCUT2D eigenvalue weighted by Gasteiger charge is -2.16. The topological polar surface area (TPSA) is 61.3 Å². The number of benzene rings is 1. The van der Waals surface area contributed by atoms with Gasteiger partial charge in [-0.2, -0.15) is 0 Å². The maximum atomic E-state index is 5.89. The zero-order chi connectivity index (χ0) is 11.1. The van der Waals surface area contributed by atoms with Crippen LogP contribution in [0.4, 0.5) is 0 Å². The van der Waals surface area contributed by atoms with E-state index in [4.69, 9.17) is 16.2 Å². The monoisotopic (exact) mass is 206 g/mol. The Hall–Kier alpha value is -1.06. The molecular formula is C12H18N2O. The SMILES string of the molecule is CC1(C)Cc2cc([C@H](N)CN)ccc2O1. The van der Waals surface area contributed by atoms with Crippen LogP contribution in [0.15, 0.2) is 18.2 Å². The molecule has 0 amide bonds. The van der Waals surface area contributed by atoms with E-state index < -0.39 is 0 Å². The first-order valence-corrected chi connectivity index (χ1v) is 5.29. The molecule has 4 N–H and O–H groups in total. The van der Waals surface area contributed by atoms with Crippen LogP contribution in [0, 0.1) is 0 Å². The Kier molecular flexibility index (Phi) is 2.44. The summed E-state index contributed by atoms with van der Waals surface area (Å²) in [5.74, 6) is 0.980. The molecule has 1 aromatic carbocycles. The summed E-state index contributed by atoms with van der Waals surface area (Å²) in [5, 5.41) is 0. The molecule has 0 aromatic heterocycles. The Labute approximate surface area is 90.4 Å². The fourth-order valence-electron chi connectivity index (χ4n) is 2.00. The molecule has 1 aliphatic heterocycles. The van der Waals surface area contributed by atoms with Crippen molar-refractivity contribution in [1.29, 1.82) is 0 Å². The van der Waals surface area contributed by atoms with Crippen LogP contribution in [0.1, 0.15) is 31.0 Å². The van der Waals surface area contributed by atoms with Gasteiger partial charge in [-0.05, 0) is 31.0 Å². The molecule has 0 saturated carbocycles. The van der Waals surface area contributed by atoms with Crippen molar-refractivity contribution in [3.05, 3.63) is 29.3 Å². The van der Waals surface area contributed by atoms with Gasteiger partial charge in [0.05, 0.1) is 0 Å². The maximum absolute atomic E-state index is 5.89. The average molecular weight is 206 g/mol. The van der Waals surface area contributed by atoms with Gasteiger partial charge in [0.1, 0.15) is 11.4 Å². The second kappa shape index (κ2) is 3.51. The molecule has 0 radical (unpaired) electrons. The van der Waals surface area contributed by atoms with Crippen LogP contribution in [-0.2, 0) is 6.42 Å². The Morgan fingerprint density at radius 1 is 1.47 bits per heavy atom. The van der Waals surface area contributed by atoms with Crippen LogP contribution >= 0.6 is 0 Å². The third-order valence-electron chi connectivity index (χ3n) is 2.77. The van der Waals surface area contributed by atoms with E-state index in [0.717, 1.165) is 17.7 Å². The third kappa shape index (κ3) is 1.98. The van der Waals surface area contributed by atoms with Gasteiger partial charge in [-0.15, -0.1) is 0 Å². The van der Waals surface area contributed by atoms with E-state index in [9.17, 15) is 0 Å². The lowest BCUT2D eigenvalue weighted by Crippen LogP contribution is -2.24. The first kappa shape index (κ1) is 10.5. The number of ether oxygens (including phenoxy) is 1. The minimum absolute atomic E-state index is 0.0704. The normalized spacial score (nSPS) is 19.5. The molecule has 0 spiro atoms. The molecule has 15 heavy (non-hydrogen) atoms. The smallest absolute Gasteiger partial charge is 0.123 e. The lowest BCUT2D eigenvalue weighted by molar-refractivity contribution is 0.138. The van der Waals surface area contributed by atoms with E-state index in [1.54, 1.807) is 0 Å². The molecule has 2 rings (SSSR count). The fraction of sp³-hybridized carbons (Fsp3) is 0.500. The molecule has 1 aliphatic rings. The highest BCUT2D eigenvalue weighted by molar-refractivity contribution is 5.42. The number of hydrogen-bond acceptors (Lipinski definition) is 3. The van der Waals surface area contributed by atoms with Crippen molar-refractivity contribution < 1.29 is 4.74 Å². The van der Waals surface area contributed by atoms with Crippen molar-refractivity contribution in [3.63, 3.8) is 0 Å². The van der Waals surface area contributed by atoms with Crippen LogP contribution in [0.3, 0.4) is 0 Å². The Balaban J connectivity index is 2.30. The van der Waals surface area contributed by atoms with Gasteiger partial charge in [-0.25, -0.2) is 0 Å². The molecule has 1 heterocycles. The molecule has 0 aliphatic carbocycles. The van der Waals surface area contributed by atoms with Gasteiger partial charge < -0.3 is 16.2 Å². The van der Waals surface area contributed by atoms with Gasteiger partial charge in [0.25, 0.3) is 0 Å². The second-order valence-electron chi connectivity index (χ2n) is 4.75. The summed E-state index contributed by atoms with van der Waals surface area (Å²) in [7, 11) is 0. The van der Waals surface area contributed by atoms with Crippen LogP contribution in [0.2, 0.25) is 0 Å². The zero-order valence-electron chi connectivity index (χ0n) is 9.29. The number of rotatable bonds is 2. The molecule has 1 aromatic rings. The van der Waals surface area contributed by atoms with Crippen LogP contribution in [0.5, 0.6) is 5.75 Å². The summed E-state index contributed by atoms with van der Waals surface area (Å²) in [6.07, 6.45) is 0.938. The standard InChI is InChI=1S/C12H18N2O/c1-12(2)6-9-5-8(10(14)7-13)3-4-11(9)15-12/h3-5,10H,6-7,13-14H2,1-2H3/t10-/m1/s1. The zero-order valence-corrected chi connectivity index (χ0v) is 9.29. The van der Waals surface area contributed by atoms with Gasteiger partial charge in [-0.1, -0.05) is 12.1 Å². The van der Waals surface area contributed by atoms with Crippen molar-refractivity contribution >= 4 is 0 Å². The van der Waals surface area contributed by atoms with Crippen LogP contribution in [-0.4, -0.2) is 12.1 Å². The maximum Gasteiger partial charge on any atom is 0.123 e. The van der Waals surface area contributed by atoms with Gasteiger partial charge in [0.15, 0.2) is 0 Å². The highest BCUT2D eigenvalue weighted by Gasteiger charge is 2.30. The average Bonchev–Trinajstić information content (AvgIpc) is 2.49. The van der Waals surface area contributed by atoms with Crippen molar-refractivity contribution in [2.24, 2.45) is 11.5 Å². The summed E-state index contributed by atoms with van der Waals surface area (Å²) in [6.45, 7) is 4.66. The van der Waals surface area contributed by atoms with E-state index in [-0.39, 0.29) is 11.6 Å². The predicted octanol–water partition coefficient (Wildman–Crippen LogP) is 1.36. The highest BCUT2D eigenvalue weighted by Crippen LogP contribution is 2.35. The Bertz CT molecular complexity index is 374. The first-order valence-electron chi connectivity index (χ1n) is 5.29. The van der Waals surface area contributed by atoms with Gasteiger partial charge in [-0.3, -0.25) is 0 Å². The Morgan fingerprint density at radius 2 is 2.20 bits per heavy atom. The molecule has 0 fully saturated rings. The van der Waals surface area contributed by atoms with Crippen molar-refractivity contribution in [3.8, 4) is 5.75 Å². The van der Waals surface area contributed by atoms with Gasteiger partial charge >= 0.3 is 0 Å². The van der Waals surface area contributed by atoms with Gasteiger partial charge in [0.2, 0.25) is 0 Å². The van der Waals surface area contributed by atoms with E-state index in [1.807, 2.05) is 12.1 Å². The number of nitrogens with two attached hydrogens (primary N) is 2. The fourth-order valence-corrected chi connectivity index (χ4v) is 2.00. The summed E-state index contributed by atoms with van der Waals surface area (Å²) in [4.78, 5) is 0. The third-order valence-corrected chi connectivity index (χ3v) is 2.77. The number of hydrogen-bond donors (Lipinski definition) is 2. The van der Waals surface area contributed by atoms with E-state index >= 15 is 0 Å². The molecule has 3 heteroatoms. The minimum atomic E-state index is -0.0895. The van der Waals surface area contributed by atoms with Crippen LogP contribution < -0.4 is 16.2 Å². The summed E-state index contributed by atoms with van der Waals surface area (Å²) < 4.78 is 5.79. The van der Waals surface area contributed by atoms with Crippen LogP contribution in [0.25, 0.3) is 0 Å². The van der Waals surface area contributed by atoms with E-state index in [2.05, 4.69) is 19.9 Å². The quantitative estimate of drug-likeness (QED) is 0.768. The lowest BCUT2D eigenvalue weighted by atomic mass is 9.98. The molecule has 82 valence electrons. The van der Waals surface area contributed by atoms with E-state index in [0.29, 0.717) is 6.54 Å². The van der Waals surface area contributed by atoms with Crippen molar-refractivity contribution in [2.75, 3.05) is 6.54 Å². The molecule has 0 saturated heterocycles. The summed E-state index contributed by atoms with van der Waals surface area (Å²) in [5.41, 5.74) is 13.7. The first-order chi connectivity index (χ1) is 7.02. The highest BCUT2D eigenvalue weighted by atomic mass is 16.5. The van der Waals surface area contributed by atoms with Gasteiger partial charge in [0, 0.05) is 19.0 Å². The molecular weight excluding hydrogens is 188 g/mol. The van der Waals surface area contributed by atoms with E-state index in [1.165, 1.54) is 5.56 Å². The largest absolute Gasteiger partial charge is 0.487 e. The summed E-state index contributed by atoms with van der Waals surface area (Å²) in [6, 6.07) is 6.04. The summed E-state index contributed by atoms with van der Waals surface area (Å²) >= 11 is 0. The van der Waals surface area contributed by atoms with Crippen molar-refractivity contribution in [2.45, 2.75) is 31.9 Å². The second-order valence-corrected chi connectivity index (χ2v) is 4.75. The molecule has 0 unspecified atom stereocenters. The van der Waals surface area contributed by atoms with Crippen molar-refractivity contribution in [1.82, 2.24) is 0 Å². The number of fused-ring (bicyclic) bond motifs is 1. The molecule has 1 atom stereocenters. The predicted molar refractivity (Wildman–Crippen MR) is 60.8 cm³/mol. The minimum Gasteiger partial charge on any atom is -0.487 e. The Morgan fingerprint density at radius 3 is 2.87 bits per heavy atom. The molecule has 0 bridgehead atoms.